The Morgan fingerprint density at radius 3 is 2.80 bits per heavy atom. The van der Waals surface area contributed by atoms with Gasteiger partial charge in [0.1, 0.15) is 5.60 Å². The van der Waals surface area contributed by atoms with Crippen molar-refractivity contribution in [2.45, 2.75) is 52.2 Å². The molecule has 5 heteroatoms. The second-order valence-electron chi connectivity index (χ2n) is 7.82. The molecule has 2 N–H and O–H groups in total. The van der Waals surface area contributed by atoms with Crippen LogP contribution in [0.4, 0.5) is 4.79 Å². The lowest BCUT2D eigenvalue weighted by Gasteiger charge is -2.37. The maximum Gasteiger partial charge on any atom is 0.410 e. The van der Waals surface area contributed by atoms with E-state index in [0.29, 0.717) is 19.7 Å². The summed E-state index contributed by atoms with van der Waals surface area (Å²) in [6, 6.07) is 8.39. The maximum absolute atomic E-state index is 12.4. The van der Waals surface area contributed by atoms with E-state index in [9.17, 15) is 4.79 Å². The lowest BCUT2D eigenvalue weighted by molar-refractivity contribution is -0.0233. The van der Waals surface area contributed by atoms with Gasteiger partial charge in [-0.1, -0.05) is 29.8 Å². The van der Waals surface area contributed by atoms with Crippen molar-refractivity contribution in [2.75, 3.05) is 26.2 Å². The monoisotopic (exact) mass is 348 g/mol. The van der Waals surface area contributed by atoms with E-state index < -0.39 is 5.60 Å². The summed E-state index contributed by atoms with van der Waals surface area (Å²) in [5, 5.41) is 0. The van der Waals surface area contributed by atoms with E-state index in [-0.39, 0.29) is 18.1 Å². The van der Waals surface area contributed by atoms with Crippen LogP contribution < -0.4 is 5.73 Å². The molecule has 1 heterocycles. The number of hydrogen-bond acceptors (Lipinski definition) is 4. The molecular weight excluding hydrogens is 316 g/mol. The fourth-order valence-corrected chi connectivity index (χ4v) is 3.30. The van der Waals surface area contributed by atoms with Gasteiger partial charge in [-0.05, 0) is 46.1 Å². The zero-order valence-corrected chi connectivity index (χ0v) is 16.0. The van der Waals surface area contributed by atoms with Crippen molar-refractivity contribution < 1.29 is 14.3 Å². The molecule has 2 rings (SSSR count). The Balaban J connectivity index is 2.12. The number of rotatable bonds is 5. The third kappa shape index (κ3) is 6.01. The second-order valence-corrected chi connectivity index (χ2v) is 7.82. The number of carbonyl (C=O) groups excluding carboxylic acids is 1. The number of aryl methyl sites for hydroxylation is 1. The molecule has 0 aliphatic carbocycles. The molecule has 1 aliphatic heterocycles. The standard InChI is InChI=1S/C20H32N2O3/c1-15-7-5-8-16(13-15)18(24-12-10-21)17-9-6-11-22(14-17)19(23)25-20(2,3)4/h5,7-8,13,17-18H,6,9-12,14,21H2,1-4H3/t17?,18-/m0/s1. The molecule has 5 nitrogen and oxygen atoms in total. The highest BCUT2D eigenvalue weighted by Crippen LogP contribution is 2.33. The number of hydrogen-bond donors (Lipinski definition) is 1. The summed E-state index contributed by atoms with van der Waals surface area (Å²) in [5.74, 6) is 0.245. The number of nitrogens with zero attached hydrogens (tertiary/aromatic N) is 1. The van der Waals surface area contributed by atoms with Crippen LogP contribution in [0, 0.1) is 12.8 Å². The van der Waals surface area contributed by atoms with Gasteiger partial charge >= 0.3 is 6.09 Å². The summed E-state index contributed by atoms with van der Waals surface area (Å²) in [6.07, 6.45) is 1.70. The van der Waals surface area contributed by atoms with Crippen molar-refractivity contribution in [1.82, 2.24) is 4.90 Å². The molecule has 1 amide bonds. The van der Waals surface area contributed by atoms with Crippen molar-refractivity contribution in [1.29, 1.82) is 0 Å². The first-order chi connectivity index (χ1) is 11.8. The molecular formula is C20H32N2O3. The van der Waals surface area contributed by atoms with Gasteiger partial charge in [-0.25, -0.2) is 4.79 Å². The van der Waals surface area contributed by atoms with Gasteiger partial charge in [-0.3, -0.25) is 0 Å². The van der Waals surface area contributed by atoms with Crippen LogP contribution in [0.25, 0.3) is 0 Å². The normalized spacial score (nSPS) is 19.6. The molecule has 2 atom stereocenters. The quantitative estimate of drug-likeness (QED) is 0.882. The summed E-state index contributed by atoms with van der Waals surface area (Å²) in [5.41, 5.74) is 7.54. The van der Waals surface area contributed by atoms with E-state index in [1.54, 1.807) is 0 Å². The molecule has 1 unspecified atom stereocenters. The third-order valence-corrected chi connectivity index (χ3v) is 4.32. The molecule has 25 heavy (non-hydrogen) atoms. The van der Waals surface area contributed by atoms with E-state index in [1.165, 1.54) is 5.56 Å². The number of likely N-dealkylation sites (tertiary alicyclic amines) is 1. The Labute approximate surface area is 151 Å². The molecule has 0 saturated carbocycles. The number of benzene rings is 1. The molecule has 1 aromatic carbocycles. The SMILES string of the molecule is Cc1cccc([C@H](OCCN)C2CCCN(C(=O)OC(C)(C)C)C2)c1. The predicted octanol–water partition coefficient (Wildman–Crippen LogP) is 3.66. The second kappa shape index (κ2) is 8.68. The number of nitrogens with two attached hydrogens (primary N) is 1. The van der Waals surface area contributed by atoms with Gasteiger partial charge in [0.2, 0.25) is 0 Å². The van der Waals surface area contributed by atoms with E-state index >= 15 is 0 Å². The first-order valence-corrected chi connectivity index (χ1v) is 9.16. The van der Waals surface area contributed by atoms with Crippen molar-refractivity contribution >= 4 is 6.09 Å². The molecule has 0 aromatic heterocycles. The van der Waals surface area contributed by atoms with Gasteiger partial charge in [0.25, 0.3) is 0 Å². The van der Waals surface area contributed by atoms with Gasteiger partial charge in [-0.15, -0.1) is 0 Å². The van der Waals surface area contributed by atoms with Crippen molar-refractivity contribution in [3.05, 3.63) is 35.4 Å². The molecule has 0 radical (unpaired) electrons. The Kier molecular flexibility index (Phi) is 6.85. The smallest absolute Gasteiger partial charge is 0.410 e. The Morgan fingerprint density at radius 2 is 2.16 bits per heavy atom. The molecule has 140 valence electrons. The Bertz CT molecular complexity index is 568. The number of piperidine rings is 1. The van der Waals surface area contributed by atoms with Crippen molar-refractivity contribution in [2.24, 2.45) is 11.7 Å². The van der Waals surface area contributed by atoms with E-state index in [4.69, 9.17) is 15.2 Å². The summed E-state index contributed by atoms with van der Waals surface area (Å²) in [6.45, 7) is 10.2. The summed E-state index contributed by atoms with van der Waals surface area (Å²) >= 11 is 0. The largest absolute Gasteiger partial charge is 0.444 e. The average Bonchev–Trinajstić information content (AvgIpc) is 2.54. The topological polar surface area (TPSA) is 64.8 Å². The third-order valence-electron chi connectivity index (χ3n) is 4.32. The number of ether oxygens (including phenoxy) is 2. The Hall–Kier alpha value is -1.59. The van der Waals surface area contributed by atoms with Crippen LogP contribution in [-0.2, 0) is 9.47 Å². The summed E-state index contributed by atoms with van der Waals surface area (Å²) < 4.78 is 11.6. The van der Waals surface area contributed by atoms with Crippen LogP contribution in [-0.4, -0.2) is 42.8 Å². The Morgan fingerprint density at radius 1 is 1.40 bits per heavy atom. The average molecular weight is 348 g/mol. The lowest BCUT2D eigenvalue weighted by Crippen LogP contribution is -2.44. The molecule has 1 aromatic rings. The first kappa shape index (κ1) is 19.7. The molecule has 0 spiro atoms. The van der Waals surface area contributed by atoms with Crippen LogP contribution in [0.3, 0.4) is 0 Å². The van der Waals surface area contributed by atoms with Crippen LogP contribution >= 0.6 is 0 Å². The highest BCUT2D eigenvalue weighted by atomic mass is 16.6. The predicted molar refractivity (Wildman–Crippen MR) is 99.5 cm³/mol. The van der Waals surface area contributed by atoms with E-state index in [0.717, 1.165) is 24.9 Å². The fourth-order valence-electron chi connectivity index (χ4n) is 3.30. The zero-order valence-electron chi connectivity index (χ0n) is 16.0. The first-order valence-electron chi connectivity index (χ1n) is 9.16. The molecule has 0 bridgehead atoms. The number of carbonyl (C=O) groups is 1. The van der Waals surface area contributed by atoms with Crippen LogP contribution in [0.5, 0.6) is 0 Å². The molecule has 1 aliphatic rings. The van der Waals surface area contributed by atoms with Crippen LogP contribution in [0.15, 0.2) is 24.3 Å². The fraction of sp³-hybridized carbons (Fsp3) is 0.650. The maximum atomic E-state index is 12.4. The zero-order chi connectivity index (χ0) is 18.4. The van der Waals surface area contributed by atoms with Crippen LogP contribution in [0.2, 0.25) is 0 Å². The van der Waals surface area contributed by atoms with Gasteiger partial charge in [0, 0.05) is 25.6 Å². The minimum atomic E-state index is -0.476. The van der Waals surface area contributed by atoms with Gasteiger partial charge in [-0.2, -0.15) is 0 Å². The summed E-state index contributed by atoms with van der Waals surface area (Å²) in [7, 11) is 0. The van der Waals surface area contributed by atoms with Gasteiger partial charge in [0.05, 0.1) is 12.7 Å². The van der Waals surface area contributed by atoms with Crippen molar-refractivity contribution in [3.8, 4) is 0 Å². The number of amides is 1. The minimum Gasteiger partial charge on any atom is -0.444 e. The van der Waals surface area contributed by atoms with Gasteiger partial charge in [0.15, 0.2) is 0 Å². The highest BCUT2D eigenvalue weighted by molar-refractivity contribution is 5.68. The van der Waals surface area contributed by atoms with E-state index in [1.807, 2.05) is 25.7 Å². The van der Waals surface area contributed by atoms with Crippen LogP contribution in [0.1, 0.15) is 50.8 Å². The van der Waals surface area contributed by atoms with Gasteiger partial charge < -0.3 is 20.1 Å². The molecule has 1 fully saturated rings. The minimum absolute atomic E-state index is 0.0475. The van der Waals surface area contributed by atoms with Crippen molar-refractivity contribution in [3.63, 3.8) is 0 Å². The van der Waals surface area contributed by atoms with E-state index in [2.05, 4.69) is 31.2 Å². The lowest BCUT2D eigenvalue weighted by atomic mass is 9.88. The summed E-state index contributed by atoms with van der Waals surface area (Å²) in [4.78, 5) is 14.2. The highest BCUT2D eigenvalue weighted by Gasteiger charge is 2.33. The molecule has 1 saturated heterocycles.